The van der Waals surface area contributed by atoms with Gasteiger partial charge in [0.05, 0.1) is 0 Å². The quantitative estimate of drug-likeness (QED) is 0.842. The zero-order chi connectivity index (χ0) is 14.8. The Morgan fingerprint density at radius 2 is 1.86 bits per heavy atom. The minimum absolute atomic E-state index is 0.0972. The number of benzene rings is 1. The highest BCUT2D eigenvalue weighted by Gasteiger charge is 2.39. The number of aromatic hydroxyl groups is 1. The minimum Gasteiger partial charge on any atom is -0.508 e. The standard InChI is InChI=1S/C16H20N2O2S/c19-13-8-6-11(7-9-13)10-14-15(20)18(16(21)17-14)12-4-2-1-3-5-12/h6-9,12,14,19H,1-5,10H2,(H,17,21)/t14-/m1/s1. The Labute approximate surface area is 130 Å². The molecule has 0 radical (unpaired) electrons. The van der Waals surface area contributed by atoms with E-state index in [-0.39, 0.29) is 23.7 Å². The molecule has 1 saturated heterocycles. The van der Waals surface area contributed by atoms with E-state index < -0.39 is 0 Å². The van der Waals surface area contributed by atoms with Crippen molar-refractivity contribution in [2.24, 2.45) is 0 Å². The summed E-state index contributed by atoms with van der Waals surface area (Å²) in [5, 5.41) is 13.1. The highest BCUT2D eigenvalue weighted by Crippen LogP contribution is 2.26. The predicted octanol–water partition coefficient (Wildman–Crippen LogP) is 2.35. The second-order valence-electron chi connectivity index (χ2n) is 5.87. The Bertz CT molecular complexity index is 538. The SMILES string of the molecule is O=C1[C@@H](Cc2ccc(O)cc2)NC(=S)N1C1CCCCC1. The predicted molar refractivity (Wildman–Crippen MR) is 85.1 cm³/mol. The summed E-state index contributed by atoms with van der Waals surface area (Å²) in [6, 6.07) is 6.98. The van der Waals surface area contributed by atoms with Crippen molar-refractivity contribution in [1.82, 2.24) is 10.2 Å². The fourth-order valence-corrected chi connectivity index (χ4v) is 3.62. The maximum Gasteiger partial charge on any atom is 0.251 e. The van der Waals surface area contributed by atoms with Gasteiger partial charge in [-0.25, -0.2) is 0 Å². The molecular weight excluding hydrogens is 284 g/mol. The molecule has 2 fully saturated rings. The van der Waals surface area contributed by atoms with Crippen molar-refractivity contribution in [1.29, 1.82) is 0 Å². The molecule has 2 N–H and O–H groups in total. The highest BCUT2D eigenvalue weighted by atomic mass is 32.1. The number of hydrogen-bond acceptors (Lipinski definition) is 3. The third-order valence-electron chi connectivity index (χ3n) is 4.37. The van der Waals surface area contributed by atoms with E-state index in [9.17, 15) is 9.90 Å². The lowest BCUT2D eigenvalue weighted by atomic mass is 9.94. The first kappa shape index (κ1) is 14.3. The van der Waals surface area contributed by atoms with Crippen LogP contribution in [0.4, 0.5) is 0 Å². The summed E-state index contributed by atoms with van der Waals surface area (Å²) in [5.74, 6) is 0.337. The molecule has 1 saturated carbocycles. The summed E-state index contributed by atoms with van der Waals surface area (Å²) in [6.45, 7) is 0. The Hall–Kier alpha value is -1.62. The van der Waals surface area contributed by atoms with Crippen LogP contribution >= 0.6 is 12.2 Å². The molecular formula is C16H20N2O2S. The van der Waals surface area contributed by atoms with Crippen LogP contribution in [-0.2, 0) is 11.2 Å². The molecule has 2 aliphatic rings. The normalized spacial score (nSPS) is 23.4. The smallest absolute Gasteiger partial charge is 0.251 e. The molecule has 1 aliphatic carbocycles. The van der Waals surface area contributed by atoms with Gasteiger partial charge in [-0.1, -0.05) is 31.4 Å². The number of phenolic OH excluding ortho intramolecular Hbond substituents is 1. The van der Waals surface area contributed by atoms with Crippen LogP contribution < -0.4 is 5.32 Å². The molecule has 1 atom stereocenters. The molecule has 3 rings (SSSR count). The van der Waals surface area contributed by atoms with Crippen LogP contribution in [0.3, 0.4) is 0 Å². The summed E-state index contributed by atoms with van der Waals surface area (Å²) >= 11 is 5.37. The number of thiocarbonyl (C=S) groups is 1. The van der Waals surface area contributed by atoms with E-state index in [0.29, 0.717) is 11.5 Å². The molecule has 112 valence electrons. The largest absolute Gasteiger partial charge is 0.508 e. The lowest BCUT2D eigenvalue weighted by molar-refractivity contribution is -0.129. The van der Waals surface area contributed by atoms with Gasteiger partial charge < -0.3 is 10.4 Å². The summed E-state index contributed by atoms with van der Waals surface area (Å²) in [6.07, 6.45) is 6.33. The van der Waals surface area contributed by atoms with Crippen molar-refractivity contribution in [2.45, 2.75) is 50.6 Å². The topological polar surface area (TPSA) is 52.6 Å². The van der Waals surface area contributed by atoms with Gasteiger partial charge in [0.15, 0.2) is 5.11 Å². The number of rotatable bonds is 3. The monoisotopic (exact) mass is 304 g/mol. The van der Waals surface area contributed by atoms with E-state index in [1.807, 2.05) is 12.1 Å². The van der Waals surface area contributed by atoms with Crippen LogP contribution in [0.15, 0.2) is 24.3 Å². The van der Waals surface area contributed by atoms with Crippen molar-refractivity contribution >= 4 is 23.2 Å². The van der Waals surface area contributed by atoms with E-state index >= 15 is 0 Å². The molecule has 0 aromatic heterocycles. The third-order valence-corrected chi connectivity index (χ3v) is 4.68. The van der Waals surface area contributed by atoms with E-state index in [1.54, 1.807) is 17.0 Å². The summed E-state index contributed by atoms with van der Waals surface area (Å²) in [7, 11) is 0. The van der Waals surface area contributed by atoms with Gasteiger partial charge in [-0.05, 0) is 42.8 Å². The first-order valence-electron chi connectivity index (χ1n) is 7.56. The van der Waals surface area contributed by atoms with Gasteiger partial charge in [-0.15, -0.1) is 0 Å². The van der Waals surface area contributed by atoms with E-state index in [4.69, 9.17) is 12.2 Å². The van der Waals surface area contributed by atoms with Crippen molar-refractivity contribution in [2.75, 3.05) is 0 Å². The first-order chi connectivity index (χ1) is 10.1. The fourth-order valence-electron chi connectivity index (χ4n) is 3.24. The third kappa shape index (κ3) is 3.02. The van der Waals surface area contributed by atoms with E-state index in [2.05, 4.69) is 5.32 Å². The molecule has 5 heteroatoms. The van der Waals surface area contributed by atoms with Crippen LogP contribution in [0.25, 0.3) is 0 Å². The summed E-state index contributed by atoms with van der Waals surface area (Å²) in [4.78, 5) is 14.4. The van der Waals surface area contributed by atoms with Gasteiger partial charge >= 0.3 is 0 Å². The van der Waals surface area contributed by atoms with Crippen molar-refractivity contribution in [3.8, 4) is 5.75 Å². The number of nitrogens with one attached hydrogen (secondary N) is 1. The number of carbonyl (C=O) groups excluding carboxylic acids is 1. The van der Waals surface area contributed by atoms with Gasteiger partial charge in [-0.3, -0.25) is 9.69 Å². The molecule has 1 aromatic rings. The van der Waals surface area contributed by atoms with Crippen molar-refractivity contribution in [3.63, 3.8) is 0 Å². The van der Waals surface area contributed by atoms with E-state index in [1.165, 1.54) is 19.3 Å². The molecule has 0 bridgehead atoms. The van der Waals surface area contributed by atoms with Crippen LogP contribution in [0.5, 0.6) is 5.75 Å². The zero-order valence-corrected chi connectivity index (χ0v) is 12.7. The zero-order valence-electron chi connectivity index (χ0n) is 11.9. The maximum absolute atomic E-state index is 12.6. The van der Waals surface area contributed by atoms with Crippen molar-refractivity contribution < 1.29 is 9.90 Å². The van der Waals surface area contributed by atoms with Gasteiger partial charge in [0, 0.05) is 12.5 Å². The highest BCUT2D eigenvalue weighted by molar-refractivity contribution is 7.80. The van der Waals surface area contributed by atoms with Crippen LogP contribution in [0.1, 0.15) is 37.7 Å². The Balaban J connectivity index is 1.69. The van der Waals surface area contributed by atoms with Gasteiger partial charge in [-0.2, -0.15) is 0 Å². The molecule has 1 amide bonds. The fraction of sp³-hybridized carbons (Fsp3) is 0.500. The average molecular weight is 304 g/mol. The number of nitrogens with zero attached hydrogens (tertiary/aromatic N) is 1. The Kier molecular flexibility index (Phi) is 4.10. The van der Waals surface area contributed by atoms with Crippen LogP contribution in [-0.4, -0.2) is 33.1 Å². The number of amides is 1. The Morgan fingerprint density at radius 1 is 1.19 bits per heavy atom. The second kappa shape index (κ2) is 6.02. The maximum atomic E-state index is 12.6. The van der Waals surface area contributed by atoms with Crippen LogP contribution in [0, 0.1) is 0 Å². The minimum atomic E-state index is -0.274. The number of hydrogen-bond donors (Lipinski definition) is 2. The lowest BCUT2D eigenvalue weighted by Gasteiger charge is -2.30. The van der Waals surface area contributed by atoms with Gasteiger partial charge in [0.25, 0.3) is 5.91 Å². The molecule has 21 heavy (non-hydrogen) atoms. The van der Waals surface area contributed by atoms with Crippen molar-refractivity contribution in [3.05, 3.63) is 29.8 Å². The molecule has 1 aliphatic heterocycles. The number of carbonyl (C=O) groups is 1. The summed E-state index contributed by atoms with van der Waals surface area (Å²) < 4.78 is 0. The Morgan fingerprint density at radius 3 is 2.52 bits per heavy atom. The molecule has 1 aromatic carbocycles. The second-order valence-corrected chi connectivity index (χ2v) is 6.26. The molecule has 4 nitrogen and oxygen atoms in total. The van der Waals surface area contributed by atoms with Gasteiger partial charge in [0.1, 0.15) is 11.8 Å². The molecule has 0 spiro atoms. The number of phenols is 1. The molecule has 1 heterocycles. The summed E-state index contributed by atoms with van der Waals surface area (Å²) in [5.41, 5.74) is 1.02. The average Bonchev–Trinajstić information content (AvgIpc) is 2.77. The van der Waals surface area contributed by atoms with Crippen LogP contribution in [0.2, 0.25) is 0 Å². The first-order valence-corrected chi connectivity index (χ1v) is 7.97. The molecule has 0 unspecified atom stereocenters. The lowest BCUT2D eigenvalue weighted by Crippen LogP contribution is -2.42. The van der Waals surface area contributed by atoms with E-state index in [0.717, 1.165) is 18.4 Å². The van der Waals surface area contributed by atoms with Gasteiger partial charge in [0.2, 0.25) is 0 Å².